The maximum absolute atomic E-state index is 11.9. The average Bonchev–Trinajstić information content (AvgIpc) is 2.72. The van der Waals surface area contributed by atoms with E-state index in [1.165, 1.54) is 0 Å². The summed E-state index contributed by atoms with van der Waals surface area (Å²) in [6.07, 6.45) is 3.94. The number of nitrogens with one attached hydrogen (secondary N) is 1. The standard InChI is InChI=1S/C12H23N3O2.ClH/c1-2-10(15-9-5-6-11(15)16)12(17)14-8-4-3-7-13;/h10H,2-9,13H2,1H3,(H,14,17);1H. The topological polar surface area (TPSA) is 75.4 Å². The van der Waals surface area contributed by atoms with Crippen LogP contribution in [0.15, 0.2) is 0 Å². The van der Waals surface area contributed by atoms with Gasteiger partial charge in [-0.2, -0.15) is 0 Å². The molecule has 18 heavy (non-hydrogen) atoms. The molecule has 6 heteroatoms. The van der Waals surface area contributed by atoms with Gasteiger partial charge in [-0.25, -0.2) is 0 Å². The number of rotatable bonds is 7. The van der Waals surface area contributed by atoms with E-state index in [2.05, 4.69) is 5.32 Å². The number of unbranched alkanes of at least 4 members (excludes halogenated alkanes) is 1. The van der Waals surface area contributed by atoms with Gasteiger partial charge in [0.15, 0.2) is 0 Å². The Morgan fingerprint density at radius 2 is 2.22 bits per heavy atom. The van der Waals surface area contributed by atoms with Crippen LogP contribution < -0.4 is 11.1 Å². The molecule has 1 rings (SSSR count). The summed E-state index contributed by atoms with van der Waals surface area (Å²) in [5, 5.41) is 2.88. The molecule has 0 bridgehead atoms. The molecule has 3 N–H and O–H groups in total. The number of carbonyl (C=O) groups excluding carboxylic acids is 2. The molecule has 5 nitrogen and oxygen atoms in total. The predicted molar refractivity (Wildman–Crippen MR) is 73.6 cm³/mol. The molecule has 1 aliphatic heterocycles. The van der Waals surface area contributed by atoms with E-state index in [1.807, 2.05) is 6.92 Å². The highest BCUT2D eigenvalue weighted by atomic mass is 35.5. The molecule has 0 saturated carbocycles. The Balaban J connectivity index is 0.00000289. The summed E-state index contributed by atoms with van der Waals surface area (Å²) < 4.78 is 0. The number of nitrogens with zero attached hydrogens (tertiary/aromatic N) is 1. The van der Waals surface area contributed by atoms with Crippen LogP contribution in [0.2, 0.25) is 0 Å². The van der Waals surface area contributed by atoms with Gasteiger partial charge < -0.3 is 16.0 Å². The number of hydrogen-bond acceptors (Lipinski definition) is 3. The number of halogens is 1. The highest BCUT2D eigenvalue weighted by Gasteiger charge is 2.31. The van der Waals surface area contributed by atoms with Crippen LogP contribution in [0.3, 0.4) is 0 Å². The van der Waals surface area contributed by atoms with E-state index in [0.717, 1.165) is 19.3 Å². The first-order valence-corrected chi connectivity index (χ1v) is 6.48. The Morgan fingerprint density at radius 1 is 1.50 bits per heavy atom. The fourth-order valence-electron chi connectivity index (χ4n) is 2.14. The minimum Gasteiger partial charge on any atom is -0.354 e. The fraction of sp³-hybridized carbons (Fsp3) is 0.833. The van der Waals surface area contributed by atoms with Crippen LogP contribution in [0, 0.1) is 0 Å². The number of amides is 2. The number of carbonyl (C=O) groups is 2. The molecule has 0 radical (unpaired) electrons. The van der Waals surface area contributed by atoms with Crippen molar-refractivity contribution in [3.63, 3.8) is 0 Å². The molecule has 1 aliphatic rings. The minimum atomic E-state index is -0.289. The van der Waals surface area contributed by atoms with Gasteiger partial charge in [-0.05, 0) is 32.2 Å². The second-order valence-corrected chi connectivity index (χ2v) is 4.40. The molecule has 0 aromatic rings. The van der Waals surface area contributed by atoms with E-state index < -0.39 is 0 Å². The minimum absolute atomic E-state index is 0. The molecule has 1 heterocycles. The molecular weight excluding hydrogens is 254 g/mol. The van der Waals surface area contributed by atoms with E-state index >= 15 is 0 Å². The molecule has 0 aromatic heterocycles. The Hall–Kier alpha value is -0.810. The normalized spacial score (nSPS) is 16.3. The van der Waals surface area contributed by atoms with Crippen LogP contribution in [0.5, 0.6) is 0 Å². The summed E-state index contributed by atoms with van der Waals surface area (Å²) in [5.74, 6) is 0.0775. The van der Waals surface area contributed by atoms with Crippen molar-refractivity contribution in [3.8, 4) is 0 Å². The summed E-state index contributed by atoms with van der Waals surface area (Å²) in [4.78, 5) is 25.2. The maximum atomic E-state index is 11.9. The Kier molecular flexibility index (Phi) is 8.75. The van der Waals surface area contributed by atoms with Crippen LogP contribution in [0.1, 0.15) is 39.0 Å². The largest absolute Gasteiger partial charge is 0.354 e. The van der Waals surface area contributed by atoms with Gasteiger partial charge in [0.05, 0.1) is 0 Å². The lowest BCUT2D eigenvalue weighted by Gasteiger charge is -2.25. The van der Waals surface area contributed by atoms with Gasteiger partial charge in [-0.1, -0.05) is 6.92 Å². The van der Waals surface area contributed by atoms with E-state index in [9.17, 15) is 9.59 Å². The SMILES string of the molecule is CCC(C(=O)NCCCCN)N1CCCC1=O.Cl. The van der Waals surface area contributed by atoms with Crippen LogP contribution >= 0.6 is 12.4 Å². The Labute approximate surface area is 115 Å². The van der Waals surface area contributed by atoms with Crippen LogP contribution in [0.4, 0.5) is 0 Å². The van der Waals surface area contributed by atoms with Crippen molar-refractivity contribution in [2.24, 2.45) is 5.73 Å². The summed E-state index contributed by atoms with van der Waals surface area (Å²) >= 11 is 0. The second-order valence-electron chi connectivity index (χ2n) is 4.40. The molecule has 1 atom stereocenters. The van der Waals surface area contributed by atoms with Gasteiger partial charge in [-0.15, -0.1) is 12.4 Å². The molecular formula is C12H24ClN3O2. The molecule has 2 amide bonds. The third-order valence-electron chi connectivity index (χ3n) is 3.11. The zero-order valence-corrected chi connectivity index (χ0v) is 11.8. The number of likely N-dealkylation sites (tertiary alicyclic amines) is 1. The molecule has 1 unspecified atom stereocenters. The molecule has 0 aromatic carbocycles. The lowest BCUT2D eigenvalue weighted by atomic mass is 10.1. The lowest BCUT2D eigenvalue weighted by molar-refractivity contribution is -0.137. The fourth-order valence-corrected chi connectivity index (χ4v) is 2.14. The van der Waals surface area contributed by atoms with Gasteiger partial charge >= 0.3 is 0 Å². The third kappa shape index (κ3) is 4.82. The van der Waals surface area contributed by atoms with E-state index in [0.29, 0.717) is 32.5 Å². The van der Waals surface area contributed by atoms with Crippen molar-refractivity contribution >= 4 is 24.2 Å². The van der Waals surface area contributed by atoms with Crippen LogP contribution in [0.25, 0.3) is 0 Å². The monoisotopic (exact) mass is 277 g/mol. The van der Waals surface area contributed by atoms with Crippen molar-refractivity contribution in [2.45, 2.75) is 45.1 Å². The van der Waals surface area contributed by atoms with Crippen molar-refractivity contribution in [1.82, 2.24) is 10.2 Å². The molecule has 106 valence electrons. The zero-order valence-electron chi connectivity index (χ0n) is 11.0. The van der Waals surface area contributed by atoms with E-state index in [4.69, 9.17) is 5.73 Å². The summed E-state index contributed by atoms with van der Waals surface area (Å²) in [7, 11) is 0. The number of nitrogens with two attached hydrogens (primary N) is 1. The van der Waals surface area contributed by atoms with Crippen molar-refractivity contribution < 1.29 is 9.59 Å². The summed E-state index contributed by atoms with van der Waals surface area (Å²) in [5.41, 5.74) is 5.38. The second kappa shape index (κ2) is 9.16. The molecule has 0 spiro atoms. The first kappa shape index (κ1) is 17.2. The third-order valence-corrected chi connectivity index (χ3v) is 3.11. The summed E-state index contributed by atoms with van der Waals surface area (Å²) in [6, 6.07) is -0.289. The Morgan fingerprint density at radius 3 is 2.72 bits per heavy atom. The first-order valence-electron chi connectivity index (χ1n) is 6.48. The van der Waals surface area contributed by atoms with Gasteiger partial charge in [0.2, 0.25) is 11.8 Å². The van der Waals surface area contributed by atoms with Gasteiger partial charge in [-0.3, -0.25) is 9.59 Å². The zero-order chi connectivity index (χ0) is 12.7. The quantitative estimate of drug-likeness (QED) is 0.672. The highest BCUT2D eigenvalue weighted by molar-refractivity contribution is 5.88. The van der Waals surface area contributed by atoms with Crippen molar-refractivity contribution in [3.05, 3.63) is 0 Å². The Bertz CT molecular complexity index is 274. The average molecular weight is 278 g/mol. The van der Waals surface area contributed by atoms with Crippen LogP contribution in [-0.2, 0) is 9.59 Å². The smallest absolute Gasteiger partial charge is 0.242 e. The van der Waals surface area contributed by atoms with Gasteiger partial charge in [0, 0.05) is 19.5 Å². The van der Waals surface area contributed by atoms with Crippen molar-refractivity contribution in [1.29, 1.82) is 0 Å². The molecule has 0 aliphatic carbocycles. The van der Waals surface area contributed by atoms with Gasteiger partial charge in [0.1, 0.15) is 6.04 Å². The lowest BCUT2D eigenvalue weighted by Crippen LogP contribution is -2.47. The van der Waals surface area contributed by atoms with Gasteiger partial charge in [0.25, 0.3) is 0 Å². The maximum Gasteiger partial charge on any atom is 0.242 e. The van der Waals surface area contributed by atoms with E-state index in [1.54, 1.807) is 4.90 Å². The first-order chi connectivity index (χ1) is 8.20. The van der Waals surface area contributed by atoms with Crippen LogP contribution in [-0.4, -0.2) is 42.4 Å². The summed E-state index contributed by atoms with van der Waals surface area (Å²) in [6.45, 7) is 3.95. The molecule has 1 saturated heterocycles. The van der Waals surface area contributed by atoms with E-state index in [-0.39, 0.29) is 30.3 Å². The number of hydrogen-bond donors (Lipinski definition) is 2. The molecule has 1 fully saturated rings. The predicted octanol–water partition coefficient (Wildman–Crippen LogP) is 0.664. The van der Waals surface area contributed by atoms with Crippen molar-refractivity contribution in [2.75, 3.05) is 19.6 Å². The highest BCUT2D eigenvalue weighted by Crippen LogP contribution is 2.15.